The molecular formula is C15H24BrNO2. The molecule has 0 aromatic heterocycles. The fraction of sp³-hybridized carbons (Fsp3) is 0.600. The minimum absolute atomic E-state index is 0.150. The lowest BCUT2D eigenvalue weighted by atomic mass is 10.1. The van der Waals surface area contributed by atoms with E-state index in [2.05, 4.69) is 48.1 Å². The molecular weight excluding hydrogens is 306 g/mol. The van der Waals surface area contributed by atoms with Crippen LogP contribution in [-0.4, -0.2) is 32.4 Å². The van der Waals surface area contributed by atoms with Crippen molar-refractivity contribution in [2.45, 2.75) is 32.7 Å². The molecule has 0 aliphatic rings. The van der Waals surface area contributed by atoms with E-state index in [1.54, 1.807) is 7.11 Å². The number of benzene rings is 1. The molecule has 0 saturated heterocycles. The first-order chi connectivity index (χ1) is 8.92. The van der Waals surface area contributed by atoms with Gasteiger partial charge in [0.1, 0.15) is 5.75 Å². The van der Waals surface area contributed by atoms with Gasteiger partial charge in [0.05, 0.1) is 20.3 Å². The average molecular weight is 330 g/mol. The summed E-state index contributed by atoms with van der Waals surface area (Å²) >= 11 is 3.47. The monoisotopic (exact) mass is 329 g/mol. The van der Waals surface area contributed by atoms with Crippen LogP contribution in [0.15, 0.2) is 22.7 Å². The molecule has 0 unspecified atom stereocenters. The lowest BCUT2D eigenvalue weighted by Crippen LogP contribution is -2.38. The molecule has 0 atom stereocenters. The molecule has 0 aliphatic heterocycles. The van der Waals surface area contributed by atoms with Crippen LogP contribution in [0.2, 0.25) is 0 Å². The zero-order valence-electron chi connectivity index (χ0n) is 12.3. The van der Waals surface area contributed by atoms with Crippen LogP contribution in [0.1, 0.15) is 26.3 Å². The summed E-state index contributed by atoms with van der Waals surface area (Å²) < 4.78 is 12.0. The fourth-order valence-corrected chi connectivity index (χ4v) is 2.13. The molecule has 0 amide bonds. The summed E-state index contributed by atoms with van der Waals surface area (Å²) in [6.45, 7) is 8.77. The largest absolute Gasteiger partial charge is 0.496 e. The molecule has 1 rings (SSSR count). The maximum absolute atomic E-state index is 5.64. The van der Waals surface area contributed by atoms with Crippen molar-refractivity contribution in [3.63, 3.8) is 0 Å². The molecule has 0 heterocycles. The molecule has 19 heavy (non-hydrogen) atoms. The van der Waals surface area contributed by atoms with Gasteiger partial charge in [-0.05, 0) is 51.0 Å². The summed E-state index contributed by atoms with van der Waals surface area (Å²) in [4.78, 5) is 0. The molecule has 108 valence electrons. The second-order valence-electron chi connectivity index (χ2n) is 5.50. The van der Waals surface area contributed by atoms with Crippen molar-refractivity contribution < 1.29 is 9.47 Å². The number of rotatable bonds is 7. The zero-order valence-corrected chi connectivity index (χ0v) is 13.8. The van der Waals surface area contributed by atoms with E-state index in [1.165, 1.54) is 5.56 Å². The first-order valence-corrected chi connectivity index (χ1v) is 7.37. The smallest absolute Gasteiger partial charge is 0.122 e. The fourth-order valence-electron chi connectivity index (χ4n) is 1.72. The van der Waals surface area contributed by atoms with Gasteiger partial charge in [-0.1, -0.05) is 15.9 Å². The molecule has 0 spiro atoms. The summed E-state index contributed by atoms with van der Waals surface area (Å²) in [6, 6.07) is 6.03. The van der Waals surface area contributed by atoms with Gasteiger partial charge < -0.3 is 14.8 Å². The van der Waals surface area contributed by atoms with Crippen LogP contribution < -0.4 is 10.1 Å². The average Bonchev–Trinajstić information content (AvgIpc) is 2.32. The highest BCUT2D eigenvalue weighted by Crippen LogP contribution is 2.23. The maximum atomic E-state index is 5.64. The third kappa shape index (κ3) is 6.95. The van der Waals surface area contributed by atoms with E-state index in [0.29, 0.717) is 6.61 Å². The van der Waals surface area contributed by atoms with E-state index in [1.807, 2.05) is 12.1 Å². The normalized spacial score (nSPS) is 11.6. The Labute approximate surface area is 124 Å². The topological polar surface area (TPSA) is 30.5 Å². The van der Waals surface area contributed by atoms with E-state index in [9.17, 15) is 0 Å². The van der Waals surface area contributed by atoms with Crippen molar-refractivity contribution in [1.82, 2.24) is 5.32 Å². The van der Waals surface area contributed by atoms with Crippen LogP contribution in [0.5, 0.6) is 5.75 Å². The highest BCUT2D eigenvalue weighted by atomic mass is 79.9. The third-order valence-corrected chi connectivity index (χ3v) is 3.15. The molecule has 0 aliphatic carbocycles. The van der Waals surface area contributed by atoms with Gasteiger partial charge in [-0.15, -0.1) is 0 Å². The Morgan fingerprint density at radius 3 is 2.58 bits per heavy atom. The minimum Gasteiger partial charge on any atom is -0.496 e. The number of methoxy groups -OCH3 is 1. The number of ether oxygens (including phenoxy) is 2. The van der Waals surface area contributed by atoms with Crippen molar-refractivity contribution in [2.75, 3.05) is 26.9 Å². The van der Waals surface area contributed by atoms with Gasteiger partial charge in [-0.25, -0.2) is 0 Å². The molecule has 0 fully saturated rings. The molecule has 3 nitrogen and oxygen atoms in total. The maximum Gasteiger partial charge on any atom is 0.122 e. The molecule has 1 aromatic carbocycles. The number of hydrogen-bond donors (Lipinski definition) is 1. The van der Waals surface area contributed by atoms with Gasteiger partial charge >= 0.3 is 0 Å². The summed E-state index contributed by atoms with van der Waals surface area (Å²) in [6.07, 6.45) is 0.859. The highest BCUT2D eigenvalue weighted by molar-refractivity contribution is 9.10. The van der Waals surface area contributed by atoms with Crippen LogP contribution in [0.4, 0.5) is 0 Å². The van der Waals surface area contributed by atoms with E-state index in [4.69, 9.17) is 9.47 Å². The second-order valence-corrected chi connectivity index (χ2v) is 6.41. The molecule has 0 saturated carbocycles. The number of nitrogens with one attached hydrogen (secondary N) is 1. The lowest BCUT2D eigenvalue weighted by molar-refractivity contribution is 0.133. The van der Waals surface area contributed by atoms with Crippen molar-refractivity contribution >= 4 is 15.9 Å². The highest BCUT2D eigenvalue weighted by Gasteiger charge is 2.07. The molecule has 1 aromatic rings. The van der Waals surface area contributed by atoms with Gasteiger partial charge in [-0.3, -0.25) is 0 Å². The van der Waals surface area contributed by atoms with Crippen molar-refractivity contribution in [2.24, 2.45) is 0 Å². The third-order valence-electron chi connectivity index (χ3n) is 2.66. The Balaban J connectivity index is 2.28. The molecule has 4 heteroatoms. The SMILES string of the molecule is COc1ccc(Br)cc1CCOCCNC(C)(C)C. The first-order valence-electron chi connectivity index (χ1n) is 6.57. The predicted molar refractivity (Wildman–Crippen MR) is 83.0 cm³/mol. The summed E-state index contributed by atoms with van der Waals surface area (Å²) in [5, 5.41) is 3.40. The van der Waals surface area contributed by atoms with Gasteiger partial charge in [0.25, 0.3) is 0 Å². The van der Waals surface area contributed by atoms with Gasteiger partial charge in [-0.2, -0.15) is 0 Å². The van der Waals surface area contributed by atoms with E-state index >= 15 is 0 Å². The second kappa shape index (κ2) is 7.88. The number of hydrogen-bond acceptors (Lipinski definition) is 3. The summed E-state index contributed by atoms with van der Waals surface area (Å²) in [7, 11) is 1.70. The zero-order chi connectivity index (χ0) is 14.3. The van der Waals surface area contributed by atoms with Crippen molar-refractivity contribution in [3.8, 4) is 5.75 Å². The number of halogens is 1. The van der Waals surface area contributed by atoms with Gasteiger partial charge in [0.15, 0.2) is 0 Å². The van der Waals surface area contributed by atoms with Crippen LogP contribution in [0.25, 0.3) is 0 Å². The Morgan fingerprint density at radius 1 is 1.21 bits per heavy atom. The van der Waals surface area contributed by atoms with Crippen LogP contribution in [0.3, 0.4) is 0 Å². The van der Waals surface area contributed by atoms with Crippen LogP contribution >= 0.6 is 15.9 Å². The Bertz CT molecular complexity index is 388. The van der Waals surface area contributed by atoms with E-state index in [0.717, 1.165) is 29.8 Å². The summed E-state index contributed by atoms with van der Waals surface area (Å²) in [5.74, 6) is 0.916. The van der Waals surface area contributed by atoms with Crippen molar-refractivity contribution in [3.05, 3.63) is 28.2 Å². The quantitative estimate of drug-likeness (QED) is 0.777. The first kappa shape index (κ1) is 16.5. The summed E-state index contributed by atoms with van der Waals surface area (Å²) in [5.41, 5.74) is 1.32. The van der Waals surface area contributed by atoms with E-state index in [-0.39, 0.29) is 5.54 Å². The minimum atomic E-state index is 0.150. The Morgan fingerprint density at radius 2 is 1.95 bits per heavy atom. The Kier molecular flexibility index (Phi) is 6.83. The van der Waals surface area contributed by atoms with E-state index < -0.39 is 0 Å². The van der Waals surface area contributed by atoms with Crippen LogP contribution in [0, 0.1) is 0 Å². The standard InChI is InChI=1S/C15H24BrNO2/c1-15(2,3)17-8-10-19-9-7-12-11-13(16)5-6-14(12)18-4/h5-6,11,17H,7-10H2,1-4H3. The van der Waals surface area contributed by atoms with Crippen molar-refractivity contribution in [1.29, 1.82) is 0 Å². The van der Waals surface area contributed by atoms with Gasteiger partial charge in [0.2, 0.25) is 0 Å². The molecule has 0 radical (unpaired) electrons. The molecule has 0 bridgehead atoms. The Hall–Kier alpha value is -0.580. The lowest BCUT2D eigenvalue weighted by Gasteiger charge is -2.20. The predicted octanol–water partition coefficient (Wildman–Crippen LogP) is 3.40. The van der Waals surface area contributed by atoms with Crippen LogP contribution in [-0.2, 0) is 11.2 Å². The van der Waals surface area contributed by atoms with Gasteiger partial charge in [0, 0.05) is 16.6 Å². The molecule has 1 N–H and O–H groups in total.